The number of carbonyl (C=O) groups excluding carboxylic acids is 4. The summed E-state index contributed by atoms with van der Waals surface area (Å²) in [6.07, 6.45) is 5.88. The van der Waals surface area contributed by atoms with E-state index in [-0.39, 0.29) is 0 Å². The molecule has 28 heavy (non-hydrogen) atoms. The highest BCUT2D eigenvalue weighted by molar-refractivity contribution is 5.36. The van der Waals surface area contributed by atoms with Gasteiger partial charge in [-0.3, -0.25) is 0 Å². The molecule has 0 fully saturated rings. The summed E-state index contributed by atoms with van der Waals surface area (Å²) >= 11 is 0. The van der Waals surface area contributed by atoms with Crippen molar-refractivity contribution in [2.75, 3.05) is 0 Å². The van der Waals surface area contributed by atoms with Crippen molar-refractivity contribution in [2.45, 2.75) is 26.2 Å². The van der Waals surface area contributed by atoms with E-state index >= 15 is 0 Å². The quantitative estimate of drug-likeness (QED) is 0.520. The summed E-state index contributed by atoms with van der Waals surface area (Å²) in [6.45, 7) is 1.28. The summed E-state index contributed by atoms with van der Waals surface area (Å²) in [6, 6.07) is 14.7. The Morgan fingerprint density at radius 3 is 1.14 bits per heavy atom. The number of nitrogens with zero attached hydrogens (tertiary/aromatic N) is 4. The van der Waals surface area contributed by atoms with Gasteiger partial charge in [-0.25, -0.2) is 39.1 Å². The first-order chi connectivity index (χ1) is 13.7. The molecule has 2 aromatic carbocycles. The van der Waals surface area contributed by atoms with Crippen LogP contribution in [0.25, 0.3) is 0 Å². The molecule has 8 nitrogen and oxygen atoms in total. The Morgan fingerprint density at radius 1 is 0.500 bits per heavy atom. The van der Waals surface area contributed by atoms with Crippen LogP contribution in [0.15, 0.2) is 68.5 Å². The van der Waals surface area contributed by atoms with E-state index in [2.05, 4.69) is 20.0 Å². The highest BCUT2D eigenvalue weighted by Gasteiger charge is 1.94. The molecule has 0 saturated carbocycles. The normalized spacial score (nSPS) is 8.57. The molecule has 2 rings (SSSR count). The van der Waals surface area contributed by atoms with E-state index in [4.69, 9.17) is 0 Å². The SMILES string of the molecule is O=C=NCc1ccc(CN=C=O)cc1.O=C=NCc1cccc(CN=C=O)c1. The van der Waals surface area contributed by atoms with Gasteiger partial charge in [0.15, 0.2) is 0 Å². The van der Waals surface area contributed by atoms with Gasteiger partial charge >= 0.3 is 0 Å². The molecule has 0 spiro atoms. The number of rotatable bonds is 8. The third-order valence-corrected chi connectivity index (χ3v) is 3.32. The summed E-state index contributed by atoms with van der Waals surface area (Å²) in [5.74, 6) is 0. The van der Waals surface area contributed by atoms with Crippen LogP contribution in [0.4, 0.5) is 0 Å². The number of hydrogen-bond acceptors (Lipinski definition) is 8. The molecule has 0 atom stereocenters. The highest BCUT2D eigenvalue weighted by Crippen LogP contribution is 2.07. The Kier molecular flexibility index (Phi) is 11.1. The summed E-state index contributed by atoms with van der Waals surface area (Å²) in [5, 5.41) is 0. The van der Waals surface area contributed by atoms with E-state index < -0.39 is 0 Å². The molecule has 140 valence electrons. The molecule has 0 bridgehead atoms. The number of benzene rings is 2. The third-order valence-electron chi connectivity index (χ3n) is 3.32. The lowest BCUT2D eigenvalue weighted by molar-refractivity contribution is 0.562. The first kappa shape index (κ1) is 22.0. The second-order valence-electron chi connectivity index (χ2n) is 5.27. The molecule has 0 saturated heterocycles. The fraction of sp³-hybridized carbons (Fsp3) is 0.200. The maximum atomic E-state index is 9.87. The molecular weight excluding hydrogens is 360 g/mol. The first-order valence-electron chi connectivity index (χ1n) is 8.03. The van der Waals surface area contributed by atoms with Crippen LogP contribution in [0, 0.1) is 0 Å². The van der Waals surface area contributed by atoms with Gasteiger partial charge in [0.1, 0.15) is 0 Å². The van der Waals surface area contributed by atoms with E-state index in [1.54, 1.807) is 0 Å². The van der Waals surface area contributed by atoms with Crippen molar-refractivity contribution in [1.82, 2.24) is 0 Å². The van der Waals surface area contributed by atoms with Gasteiger partial charge in [0.05, 0.1) is 26.2 Å². The van der Waals surface area contributed by atoms with Crippen molar-refractivity contribution >= 4 is 24.3 Å². The maximum absolute atomic E-state index is 9.87. The number of hydrogen-bond donors (Lipinski definition) is 0. The van der Waals surface area contributed by atoms with Gasteiger partial charge in [-0.1, -0.05) is 48.5 Å². The van der Waals surface area contributed by atoms with Gasteiger partial charge in [0.25, 0.3) is 0 Å². The number of isocyanates is 4. The molecule has 0 amide bonds. The van der Waals surface area contributed by atoms with E-state index in [9.17, 15) is 19.2 Å². The van der Waals surface area contributed by atoms with Crippen LogP contribution in [-0.2, 0) is 45.4 Å². The second-order valence-corrected chi connectivity index (χ2v) is 5.27. The van der Waals surface area contributed by atoms with Gasteiger partial charge in [0, 0.05) is 0 Å². The predicted molar refractivity (Wildman–Crippen MR) is 100 cm³/mol. The average molecular weight is 376 g/mol. The number of aliphatic imine (C=N–C) groups is 4. The van der Waals surface area contributed by atoms with Crippen molar-refractivity contribution in [2.24, 2.45) is 20.0 Å². The minimum atomic E-state index is 0.308. The minimum Gasteiger partial charge on any atom is -0.211 e. The van der Waals surface area contributed by atoms with Crippen LogP contribution in [0.2, 0.25) is 0 Å². The molecule has 0 radical (unpaired) electrons. The molecule has 0 unspecified atom stereocenters. The average Bonchev–Trinajstić information content (AvgIpc) is 2.75. The Bertz CT molecular complexity index is 872. The maximum Gasteiger partial charge on any atom is 0.235 e. The lowest BCUT2D eigenvalue weighted by Crippen LogP contribution is -1.85. The fourth-order valence-corrected chi connectivity index (χ4v) is 2.07. The van der Waals surface area contributed by atoms with Crippen LogP contribution in [-0.4, -0.2) is 24.3 Å². The van der Waals surface area contributed by atoms with E-state index in [1.807, 2.05) is 48.5 Å². The highest BCUT2D eigenvalue weighted by atomic mass is 16.1. The Balaban J connectivity index is 0.000000280. The van der Waals surface area contributed by atoms with Crippen molar-refractivity contribution in [1.29, 1.82) is 0 Å². The summed E-state index contributed by atoms with van der Waals surface area (Å²) in [4.78, 5) is 53.2. The van der Waals surface area contributed by atoms with E-state index in [0.717, 1.165) is 22.3 Å². The van der Waals surface area contributed by atoms with Crippen LogP contribution in [0.3, 0.4) is 0 Å². The monoisotopic (exact) mass is 376 g/mol. The van der Waals surface area contributed by atoms with Crippen molar-refractivity contribution in [3.63, 3.8) is 0 Å². The molecule has 8 heteroatoms. The molecule has 2 aromatic rings. The molecule has 0 heterocycles. The molecule has 0 N–H and O–H groups in total. The Hall–Kier alpha value is -4.04. The van der Waals surface area contributed by atoms with Crippen molar-refractivity contribution in [3.8, 4) is 0 Å². The minimum absolute atomic E-state index is 0.308. The largest absolute Gasteiger partial charge is 0.235 e. The lowest BCUT2D eigenvalue weighted by atomic mass is 10.1. The van der Waals surface area contributed by atoms with Crippen LogP contribution < -0.4 is 0 Å². The molecular formula is C20H16N4O4. The zero-order valence-electron chi connectivity index (χ0n) is 14.9. The summed E-state index contributed by atoms with van der Waals surface area (Å²) < 4.78 is 0. The zero-order chi connectivity index (χ0) is 20.5. The van der Waals surface area contributed by atoms with Gasteiger partial charge in [-0.05, 0) is 22.3 Å². The van der Waals surface area contributed by atoms with Gasteiger partial charge in [0.2, 0.25) is 24.3 Å². The van der Waals surface area contributed by atoms with E-state index in [1.165, 1.54) is 24.3 Å². The van der Waals surface area contributed by atoms with Crippen molar-refractivity contribution in [3.05, 3.63) is 70.8 Å². The van der Waals surface area contributed by atoms with Crippen LogP contribution in [0.1, 0.15) is 22.3 Å². The Labute approximate surface area is 161 Å². The van der Waals surface area contributed by atoms with Gasteiger partial charge in [-0.15, -0.1) is 0 Å². The first-order valence-corrected chi connectivity index (χ1v) is 8.03. The second kappa shape index (κ2) is 14.2. The third kappa shape index (κ3) is 9.44. The van der Waals surface area contributed by atoms with Crippen LogP contribution in [0.5, 0.6) is 0 Å². The zero-order valence-corrected chi connectivity index (χ0v) is 14.9. The fourth-order valence-electron chi connectivity index (χ4n) is 2.07. The molecule has 0 aromatic heterocycles. The standard InChI is InChI=1S/2C10H8N2O2/c13-7-11-5-9-1-2-10(4-3-9)6-12-8-14;13-7-11-5-9-2-1-3-10(4-9)6-12-8-14/h2*1-4H,5-6H2. The molecule has 0 aliphatic heterocycles. The molecule has 0 aliphatic rings. The summed E-state index contributed by atoms with van der Waals surface area (Å²) in [7, 11) is 0. The van der Waals surface area contributed by atoms with Crippen LogP contribution >= 0.6 is 0 Å². The van der Waals surface area contributed by atoms with Gasteiger partial charge < -0.3 is 0 Å². The lowest BCUT2D eigenvalue weighted by Gasteiger charge is -1.98. The predicted octanol–water partition coefficient (Wildman–Crippen LogP) is 2.72. The topological polar surface area (TPSA) is 118 Å². The van der Waals surface area contributed by atoms with Crippen molar-refractivity contribution < 1.29 is 19.2 Å². The van der Waals surface area contributed by atoms with Gasteiger partial charge in [-0.2, -0.15) is 0 Å². The Morgan fingerprint density at radius 2 is 0.821 bits per heavy atom. The molecule has 0 aliphatic carbocycles. The smallest absolute Gasteiger partial charge is 0.211 e. The summed E-state index contributed by atoms with van der Waals surface area (Å²) in [5.41, 5.74) is 3.64. The van der Waals surface area contributed by atoms with E-state index in [0.29, 0.717) is 26.2 Å².